The van der Waals surface area contributed by atoms with E-state index < -0.39 is 0 Å². The maximum atomic E-state index is 5.62. The normalized spacial score (nSPS) is 9.83. The Kier molecular flexibility index (Phi) is 2.90. The van der Waals surface area contributed by atoms with Crippen molar-refractivity contribution in [2.45, 2.75) is 6.42 Å². The fraction of sp³-hybridized carbons (Fsp3) is 0.250. The predicted octanol–water partition coefficient (Wildman–Crippen LogP) is 0.0556. The molecule has 0 bridgehead atoms. The van der Waals surface area contributed by atoms with E-state index in [4.69, 9.17) is 17.3 Å². The van der Waals surface area contributed by atoms with Crippen molar-refractivity contribution in [1.29, 1.82) is 0 Å². The van der Waals surface area contributed by atoms with Crippen LogP contribution in [0.4, 0.5) is 11.4 Å². The lowest BCUT2D eigenvalue weighted by Crippen LogP contribution is -2.10. The first kappa shape index (κ1) is 8.83. The standard InChI is InChI=1S/C8H14N4/c9-4-3-6-1-2-7(10)8(5-6)12-11/h1-2,5,12H,3-4,9-11H2. The fourth-order valence-corrected chi connectivity index (χ4v) is 1.05. The van der Waals surface area contributed by atoms with Crippen LogP contribution in [-0.4, -0.2) is 6.54 Å². The number of benzene rings is 1. The van der Waals surface area contributed by atoms with Crippen LogP contribution in [-0.2, 0) is 6.42 Å². The highest BCUT2D eigenvalue weighted by atomic mass is 15.2. The number of hydrazine groups is 1. The van der Waals surface area contributed by atoms with E-state index in [9.17, 15) is 0 Å². The van der Waals surface area contributed by atoms with Gasteiger partial charge in [0.25, 0.3) is 0 Å². The third kappa shape index (κ3) is 1.87. The first-order valence-electron chi connectivity index (χ1n) is 3.83. The van der Waals surface area contributed by atoms with Crippen molar-refractivity contribution in [2.24, 2.45) is 11.6 Å². The maximum Gasteiger partial charge on any atom is 0.0718 e. The molecular formula is C8H14N4. The van der Waals surface area contributed by atoms with Crippen molar-refractivity contribution in [1.82, 2.24) is 0 Å². The molecule has 1 aromatic rings. The molecule has 0 spiro atoms. The summed E-state index contributed by atoms with van der Waals surface area (Å²) >= 11 is 0. The summed E-state index contributed by atoms with van der Waals surface area (Å²) in [5, 5.41) is 0. The molecule has 1 aromatic carbocycles. The Hall–Kier alpha value is -1.26. The molecule has 1 rings (SSSR count). The van der Waals surface area contributed by atoms with Gasteiger partial charge in [-0.15, -0.1) is 0 Å². The Morgan fingerprint density at radius 2 is 2.08 bits per heavy atom. The maximum absolute atomic E-state index is 5.62. The number of anilines is 2. The molecule has 0 radical (unpaired) electrons. The van der Waals surface area contributed by atoms with Crippen molar-refractivity contribution in [3.8, 4) is 0 Å². The van der Waals surface area contributed by atoms with Crippen LogP contribution in [0.3, 0.4) is 0 Å². The summed E-state index contributed by atoms with van der Waals surface area (Å²) in [7, 11) is 0. The van der Waals surface area contributed by atoms with Crippen LogP contribution in [0.2, 0.25) is 0 Å². The van der Waals surface area contributed by atoms with E-state index >= 15 is 0 Å². The highest BCUT2D eigenvalue weighted by molar-refractivity contribution is 5.66. The zero-order valence-corrected chi connectivity index (χ0v) is 6.88. The molecule has 0 aliphatic heterocycles. The largest absolute Gasteiger partial charge is 0.397 e. The van der Waals surface area contributed by atoms with Crippen molar-refractivity contribution in [2.75, 3.05) is 17.7 Å². The van der Waals surface area contributed by atoms with E-state index in [1.54, 1.807) is 0 Å². The summed E-state index contributed by atoms with van der Waals surface area (Å²) in [5.41, 5.74) is 16.1. The smallest absolute Gasteiger partial charge is 0.0718 e. The molecule has 0 aromatic heterocycles. The highest BCUT2D eigenvalue weighted by Crippen LogP contribution is 2.18. The van der Waals surface area contributed by atoms with E-state index in [1.807, 2.05) is 18.2 Å². The lowest BCUT2D eigenvalue weighted by atomic mass is 10.1. The van der Waals surface area contributed by atoms with E-state index in [1.165, 1.54) is 0 Å². The third-order valence-corrected chi connectivity index (χ3v) is 1.71. The van der Waals surface area contributed by atoms with Crippen molar-refractivity contribution in [3.05, 3.63) is 23.8 Å². The van der Waals surface area contributed by atoms with Gasteiger partial charge in [-0.1, -0.05) is 6.07 Å². The van der Waals surface area contributed by atoms with Crippen LogP contribution in [0.5, 0.6) is 0 Å². The lowest BCUT2D eigenvalue weighted by Gasteiger charge is -2.06. The number of hydrogen-bond acceptors (Lipinski definition) is 4. The number of nitrogens with one attached hydrogen (secondary N) is 1. The van der Waals surface area contributed by atoms with Crippen LogP contribution in [0, 0.1) is 0 Å². The molecule has 4 heteroatoms. The molecule has 4 nitrogen and oxygen atoms in total. The molecule has 0 heterocycles. The van der Waals surface area contributed by atoms with Gasteiger partial charge in [-0.25, -0.2) is 0 Å². The van der Waals surface area contributed by atoms with Gasteiger partial charge >= 0.3 is 0 Å². The third-order valence-electron chi connectivity index (χ3n) is 1.71. The molecule has 0 amide bonds. The average molecular weight is 166 g/mol. The second-order valence-electron chi connectivity index (χ2n) is 2.60. The SMILES string of the molecule is NCCc1ccc(N)c(NN)c1. The Morgan fingerprint density at radius 3 is 2.67 bits per heavy atom. The summed E-state index contributed by atoms with van der Waals surface area (Å²) in [5.74, 6) is 5.25. The van der Waals surface area contributed by atoms with E-state index in [0.29, 0.717) is 12.2 Å². The van der Waals surface area contributed by atoms with Gasteiger partial charge in [0.2, 0.25) is 0 Å². The Bertz CT molecular complexity index is 259. The summed E-state index contributed by atoms with van der Waals surface area (Å²) < 4.78 is 0. The molecule has 0 aliphatic carbocycles. The summed E-state index contributed by atoms with van der Waals surface area (Å²) in [4.78, 5) is 0. The van der Waals surface area contributed by atoms with Crippen LogP contribution in [0.15, 0.2) is 18.2 Å². The van der Waals surface area contributed by atoms with E-state index in [0.717, 1.165) is 17.7 Å². The fourth-order valence-electron chi connectivity index (χ4n) is 1.05. The van der Waals surface area contributed by atoms with E-state index in [-0.39, 0.29) is 0 Å². The molecular weight excluding hydrogens is 152 g/mol. The van der Waals surface area contributed by atoms with Crippen LogP contribution >= 0.6 is 0 Å². The van der Waals surface area contributed by atoms with Crippen LogP contribution in [0.25, 0.3) is 0 Å². The Labute approximate surface area is 71.7 Å². The predicted molar refractivity (Wildman–Crippen MR) is 51.4 cm³/mol. The highest BCUT2D eigenvalue weighted by Gasteiger charge is 1.97. The molecule has 7 N–H and O–H groups in total. The minimum Gasteiger partial charge on any atom is -0.397 e. The van der Waals surface area contributed by atoms with Gasteiger partial charge in [-0.2, -0.15) is 0 Å². The monoisotopic (exact) mass is 166 g/mol. The topological polar surface area (TPSA) is 90.1 Å². The van der Waals surface area contributed by atoms with Gasteiger partial charge in [0.15, 0.2) is 0 Å². The minimum atomic E-state index is 0.633. The van der Waals surface area contributed by atoms with Gasteiger partial charge < -0.3 is 16.9 Å². The molecule has 0 aliphatic rings. The zero-order chi connectivity index (χ0) is 8.97. The zero-order valence-electron chi connectivity index (χ0n) is 6.88. The summed E-state index contributed by atoms with van der Waals surface area (Å²) in [6.45, 7) is 0.633. The second kappa shape index (κ2) is 3.94. The first-order valence-corrected chi connectivity index (χ1v) is 3.83. The average Bonchev–Trinajstić information content (AvgIpc) is 2.09. The number of hydrogen-bond donors (Lipinski definition) is 4. The van der Waals surface area contributed by atoms with Gasteiger partial charge in [0.05, 0.1) is 11.4 Å². The number of rotatable bonds is 3. The van der Waals surface area contributed by atoms with Crippen LogP contribution < -0.4 is 22.7 Å². The minimum absolute atomic E-state index is 0.633. The van der Waals surface area contributed by atoms with Gasteiger partial charge in [0, 0.05) is 0 Å². The molecule has 0 unspecified atom stereocenters. The molecule has 0 atom stereocenters. The first-order chi connectivity index (χ1) is 5.77. The molecule has 66 valence electrons. The molecule has 0 fully saturated rings. The van der Waals surface area contributed by atoms with Crippen LogP contribution in [0.1, 0.15) is 5.56 Å². The lowest BCUT2D eigenvalue weighted by molar-refractivity contribution is 0.969. The quantitative estimate of drug-likeness (QED) is 0.290. The Morgan fingerprint density at radius 1 is 1.33 bits per heavy atom. The molecule has 0 saturated carbocycles. The van der Waals surface area contributed by atoms with Crippen molar-refractivity contribution >= 4 is 11.4 Å². The van der Waals surface area contributed by atoms with Crippen molar-refractivity contribution < 1.29 is 0 Å². The van der Waals surface area contributed by atoms with E-state index in [2.05, 4.69) is 5.43 Å². The number of nitrogens with two attached hydrogens (primary N) is 3. The molecule has 12 heavy (non-hydrogen) atoms. The molecule has 0 saturated heterocycles. The van der Waals surface area contributed by atoms with Crippen molar-refractivity contribution in [3.63, 3.8) is 0 Å². The summed E-state index contributed by atoms with van der Waals surface area (Å²) in [6, 6.07) is 5.67. The van der Waals surface area contributed by atoms with Gasteiger partial charge in [0.1, 0.15) is 0 Å². The summed E-state index contributed by atoms with van der Waals surface area (Å²) in [6.07, 6.45) is 0.842. The Balaban J connectivity index is 2.89. The second-order valence-corrected chi connectivity index (χ2v) is 2.60. The van der Waals surface area contributed by atoms with Gasteiger partial charge in [-0.3, -0.25) is 5.84 Å². The van der Waals surface area contributed by atoms with Gasteiger partial charge in [-0.05, 0) is 30.7 Å². The number of nitrogen functional groups attached to an aromatic ring is 2.